The summed E-state index contributed by atoms with van der Waals surface area (Å²) in [7, 11) is 1.93. The first-order valence-corrected chi connectivity index (χ1v) is 10.7. The van der Waals surface area contributed by atoms with Crippen LogP contribution in [0.2, 0.25) is 0 Å². The number of anilines is 1. The van der Waals surface area contributed by atoms with E-state index in [9.17, 15) is 15.0 Å². The number of nitrogens with zero attached hydrogens (tertiary/aromatic N) is 2. The van der Waals surface area contributed by atoms with E-state index in [-0.39, 0.29) is 22.7 Å². The minimum atomic E-state index is -0.0322. The minimum Gasteiger partial charge on any atom is -0.508 e. The van der Waals surface area contributed by atoms with Crippen LogP contribution in [-0.4, -0.2) is 27.6 Å². The second-order valence-electron chi connectivity index (χ2n) is 8.68. The van der Waals surface area contributed by atoms with Crippen LogP contribution in [0.3, 0.4) is 0 Å². The molecule has 4 rings (SSSR count). The number of aromatic nitrogens is 1. The molecular formula is C24H26N2O3S. The largest absolute Gasteiger partial charge is 0.508 e. The van der Waals surface area contributed by atoms with Crippen LogP contribution in [0.5, 0.6) is 11.5 Å². The Labute approximate surface area is 181 Å². The summed E-state index contributed by atoms with van der Waals surface area (Å²) in [6.45, 7) is 6.34. The van der Waals surface area contributed by atoms with Gasteiger partial charge in [0.1, 0.15) is 11.5 Å². The molecule has 0 saturated heterocycles. The normalized spacial score (nSPS) is 15.1. The highest BCUT2D eigenvalue weighted by Gasteiger charge is 2.34. The Balaban J connectivity index is 1.61. The summed E-state index contributed by atoms with van der Waals surface area (Å²) < 4.78 is 4.15. The van der Waals surface area contributed by atoms with E-state index >= 15 is 0 Å². The Morgan fingerprint density at radius 2 is 1.73 bits per heavy atom. The van der Waals surface area contributed by atoms with E-state index in [4.69, 9.17) is 0 Å². The second-order valence-corrected chi connectivity index (χ2v) is 9.85. The van der Waals surface area contributed by atoms with Crippen molar-refractivity contribution in [2.24, 2.45) is 5.41 Å². The molecule has 1 aliphatic carbocycles. The van der Waals surface area contributed by atoms with Gasteiger partial charge in [0.25, 0.3) is 0 Å². The molecule has 0 fully saturated rings. The monoisotopic (exact) mass is 422 g/mol. The summed E-state index contributed by atoms with van der Waals surface area (Å²) in [4.78, 5) is 13.3. The van der Waals surface area contributed by atoms with Crippen LogP contribution in [0, 0.1) is 12.3 Å². The number of benzene rings is 2. The predicted molar refractivity (Wildman–Crippen MR) is 121 cm³/mol. The number of fused-ring (bicyclic) bond motifs is 1. The van der Waals surface area contributed by atoms with E-state index in [1.54, 1.807) is 12.1 Å². The fraction of sp³-hybridized carbons (Fsp3) is 0.292. The van der Waals surface area contributed by atoms with Crippen LogP contribution in [0.25, 0.3) is 5.69 Å². The van der Waals surface area contributed by atoms with Crippen LogP contribution >= 0.6 is 11.9 Å². The molecule has 0 aliphatic heterocycles. The molecule has 2 N–H and O–H groups in total. The van der Waals surface area contributed by atoms with Gasteiger partial charge in [-0.1, -0.05) is 13.8 Å². The molecule has 0 amide bonds. The Bertz CT molecular complexity index is 1120. The fourth-order valence-electron chi connectivity index (χ4n) is 4.11. The van der Waals surface area contributed by atoms with E-state index in [0.717, 1.165) is 34.7 Å². The van der Waals surface area contributed by atoms with Gasteiger partial charge in [-0.05, 0) is 73.2 Å². The van der Waals surface area contributed by atoms with Gasteiger partial charge in [0.15, 0.2) is 5.78 Å². The number of hydrogen-bond acceptors (Lipinski definition) is 5. The van der Waals surface area contributed by atoms with Crippen LogP contribution in [0.4, 0.5) is 5.69 Å². The summed E-state index contributed by atoms with van der Waals surface area (Å²) in [6, 6.07) is 14.8. The Morgan fingerprint density at radius 3 is 2.40 bits per heavy atom. The lowest BCUT2D eigenvalue weighted by atomic mass is 9.76. The molecule has 2 aromatic carbocycles. The highest BCUT2D eigenvalue weighted by atomic mass is 32.2. The van der Waals surface area contributed by atoms with E-state index in [1.165, 1.54) is 18.0 Å². The molecule has 156 valence electrons. The summed E-state index contributed by atoms with van der Waals surface area (Å²) in [5.41, 5.74) is 5.00. The van der Waals surface area contributed by atoms with Crippen molar-refractivity contribution in [3.8, 4) is 17.2 Å². The lowest BCUT2D eigenvalue weighted by molar-refractivity contribution is 0.0911. The molecule has 3 aromatic rings. The number of hydrogen-bond donors (Lipinski definition) is 2. The lowest BCUT2D eigenvalue weighted by Gasteiger charge is -2.30. The molecule has 0 saturated carbocycles. The van der Waals surface area contributed by atoms with Gasteiger partial charge in [-0.25, -0.2) is 0 Å². The fourth-order valence-corrected chi connectivity index (χ4v) is 4.91. The predicted octanol–water partition coefficient (Wildman–Crippen LogP) is 5.50. The molecule has 0 bridgehead atoms. The molecule has 1 aliphatic rings. The summed E-state index contributed by atoms with van der Waals surface area (Å²) >= 11 is 1.38. The van der Waals surface area contributed by atoms with Crippen LogP contribution in [0.1, 0.15) is 42.0 Å². The maximum Gasteiger partial charge on any atom is 0.165 e. The lowest BCUT2D eigenvalue weighted by Crippen LogP contribution is -2.27. The van der Waals surface area contributed by atoms with Gasteiger partial charge in [-0.3, -0.25) is 4.79 Å². The Morgan fingerprint density at radius 1 is 1.03 bits per heavy atom. The van der Waals surface area contributed by atoms with Crippen molar-refractivity contribution in [2.45, 2.75) is 38.5 Å². The third kappa shape index (κ3) is 3.79. The first-order chi connectivity index (χ1) is 14.1. The number of aryl methyl sites for hydroxylation is 1. The molecule has 30 heavy (non-hydrogen) atoms. The van der Waals surface area contributed by atoms with E-state index in [2.05, 4.69) is 30.5 Å². The maximum absolute atomic E-state index is 12.6. The molecule has 5 nitrogen and oxygen atoms in total. The van der Waals surface area contributed by atoms with Crippen molar-refractivity contribution in [1.29, 1.82) is 0 Å². The van der Waals surface area contributed by atoms with E-state index in [1.807, 2.05) is 36.5 Å². The summed E-state index contributed by atoms with van der Waals surface area (Å²) in [6.07, 6.45) is 1.47. The van der Waals surface area contributed by atoms with Gasteiger partial charge in [-0.15, -0.1) is 0 Å². The third-order valence-corrected chi connectivity index (χ3v) is 6.55. The first kappa shape index (κ1) is 20.4. The van der Waals surface area contributed by atoms with Gasteiger partial charge in [0, 0.05) is 47.9 Å². The number of phenolic OH excluding ortho intramolecular Hbond substituents is 2. The molecule has 1 heterocycles. The quantitative estimate of drug-likeness (QED) is 0.544. The standard InChI is InChI=1S/C24H26N2O3S/c1-15-11-19-20(13-24(2,3)14-22(19)29)26(15)17-7-5-16(6-8-17)25(4)30-23-10-9-18(27)12-21(23)28/h5-12,27-28H,13-14H2,1-4H3. The molecule has 6 heteroatoms. The number of phenols is 2. The topological polar surface area (TPSA) is 65.7 Å². The molecule has 0 spiro atoms. The number of aromatic hydroxyl groups is 2. The average Bonchev–Trinajstić information content (AvgIpc) is 2.99. The summed E-state index contributed by atoms with van der Waals surface area (Å²) in [5.74, 6) is 0.311. The smallest absolute Gasteiger partial charge is 0.165 e. The number of carbonyl (C=O) groups is 1. The third-order valence-electron chi connectivity index (χ3n) is 5.52. The Hall–Kier alpha value is -2.86. The van der Waals surface area contributed by atoms with Gasteiger partial charge in [0.2, 0.25) is 0 Å². The first-order valence-electron chi connectivity index (χ1n) is 9.93. The highest BCUT2D eigenvalue weighted by molar-refractivity contribution is 8.00. The Kier molecular flexibility index (Phi) is 5.06. The van der Waals surface area contributed by atoms with Crippen molar-refractivity contribution in [3.63, 3.8) is 0 Å². The number of Topliss-reactive ketones (excluding diaryl/α,β-unsaturated/α-hetero) is 1. The van der Waals surface area contributed by atoms with Crippen molar-refractivity contribution in [1.82, 2.24) is 4.57 Å². The van der Waals surface area contributed by atoms with Crippen molar-refractivity contribution in [2.75, 3.05) is 11.4 Å². The number of carbonyl (C=O) groups excluding carboxylic acids is 1. The van der Waals surface area contributed by atoms with Crippen molar-refractivity contribution in [3.05, 3.63) is 65.5 Å². The van der Waals surface area contributed by atoms with Crippen LogP contribution < -0.4 is 4.31 Å². The van der Waals surface area contributed by atoms with Crippen LogP contribution in [-0.2, 0) is 6.42 Å². The zero-order chi connectivity index (χ0) is 21.6. The minimum absolute atomic E-state index is 0.0322. The number of ketones is 1. The van der Waals surface area contributed by atoms with E-state index in [0.29, 0.717) is 11.3 Å². The van der Waals surface area contributed by atoms with Gasteiger partial charge >= 0.3 is 0 Å². The number of rotatable bonds is 4. The second kappa shape index (κ2) is 7.43. The van der Waals surface area contributed by atoms with E-state index < -0.39 is 0 Å². The van der Waals surface area contributed by atoms with Gasteiger partial charge < -0.3 is 19.1 Å². The molecule has 1 aromatic heterocycles. The van der Waals surface area contributed by atoms with Crippen LogP contribution in [0.15, 0.2) is 53.4 Å². The summed E-state index contributed by atoms with van der Waals surface area (Å²) in [5, 5.41) is 19.5. The van der Waals surface area contributed by atoms with Gasteiger partial charge in [0.05, 0.1) is 4.90 Å². The zero-order valence-corrected chi connectivity index (χ0v) is 18.5. The molecule has 0 unspecified atom stereocenters. The average molecular weight is 423 g/mol. The maximum atomic E-state index is 12.6. The SMILES string of the molecule is Cc1cc2c(n1-c1ccc(N(C)Sc3ccc(O)cc3O)cc1)CC(C)(C)CC2=O. The highest BCUT2D eigenvalue weighted by Crippen LogP contribution is 2.38. The molecular weight excluding hydrogens is 396 g/mol. The van der Waals surface area contributed by atoms with Crippen molar-refractivity contribution < 1.29 is 15.0 Å². The molecule has 0 atom stereocenters. The molecule has 0 radical (unpaired) electrons. The zero-order valence-electron chi connectivity index (χ0n) is 17.6. The van der Waals surface area contributed by atoms with Gasteiger partial charge in [-0.2, -0.15) is 0 Å². The van der Waals surface area contributed by atoms with Crippen molar-refractivity contribution >= 4 is 23.4 Å².